The normalized spacial score (nSPS) is 11.8. The maximum atomic E-state index is 12.6. The fourth-order valence-electron chi connectivity index (χ4n) is 3.06. The Morgan fingerprint density at radius 3 is 2.74 bits per heavy atom. The van der Waals surface area contributed by atoms with Gasteiger partial charge in [-0.05, 0) is 53.4 Å². The number of amides is 1. The van der Waals surface area contributed by atoms with E-state index in [0.29, 0.717) is 11.6 Å². The van der Waals surface area contributed by atoms with Gasteiger partial charge in [-0.15, -0.1) is 0 Å². The smallest absolute Gasteiger partial charge is 0.221 e. The molecule has 1 aromatic heterocycles. The van der Waals surface area contributed by atoms with Gasteiger partial charge in [0.15, 0.2) is 0 Å². The molecule has 2 aromatic carbocycles. The summed E-state index contributed by atoms with van der Waals surface area (Å²) in [5, 5.41) is 13.4. The third-order valence-corrected chi connectivity index (χ3v) is 4.90. The van der Waals surface area contributed by atoms with Gasteiger partial charge in [0.05, 0.1) is 0 Å². The second-order valence-corrected chi connectivity index (χ2v) is 6.86. The van der Waals surface area contributed by atoms with Gasteiger partial charge in [0.25, 0.3) is 0 Å². The van der Waals surface area contributed by atoms with Crippen LogP contribution in [0.4, 0.5) is 0 Å². The zero-order valence-corrected chi connectivity index (χ0v) is 15.8. The SMILES string of the molecule is Cc1cnccc1CNC(=O)C[C@H](c1cccc(O)c1)c1ccccc1Cl. The van der Waals surface area contributed by atoms with E-state index in [9.17, 15) is 9.90 Å². The van der Waals surface area contributed by atoms with Crippen molar-refractivity contribution >= 4 is 17.5 Å². The van der Waals surface area contributed by atoms with Crippen molar-refractivity contribution in [1.29, 1.82) is 0 Å². The summed E-state index contributed by atoms with van der Waals surface area (Å²) in [4.78, 5) is 16.7. The Balaban J connectivity index is 1.80. The Hall–Kier alpha value is -2.85. The topological polar surface area (TPSA) is 62.2 Å². The van der Waals surface area contributed by atoms with E-state index in [4.69, 9.17) is 11.6 Å². The average molecular weight is 381 g/mol. The number of rotatable bonds is 6. The summed E-state index contributed by atoms with van der Waals surface area (Å²) in [7, 11) is 0. The van der Waals surface area contributed by atoms with E-state index in [1.165, 1.54) is 0 Å². The third-order valence-electron chi connectivity index (χ3n) is 4.56. The molecule has 2 N–H and O–H groups in total. The molecule has 3 aromatic rings. The van der Waals surface area contributed by atoms with Gasteiger partial charge >= 0.3 is 0 Å². The van der Waals surface area contributed by atoms with Crippen molar-refractivity contribution in [2.24, 2.45) is 0 Å². The second-order valence-electron chi connectivity index (χ2n) is 6.45. The number of nitrogens with zero attached hydrogens (tertiary/aromatic N) is 1. The molecule has 4 nitrogen and oxygen atoms in total. The molecule has 0 saturated heterocycles. The van der Waals surface area contributed by atoms with Gasteiger partial charge in [0.1, 0.15) is 5.75 Å². The summed E-state index contributed by atoms with van der Waals surface area (Å²) >= 11 is 6.38. The predicted molar refractivity (Wildman–Crippen MR) is 107 cm³/mol. The molecule has 0 aliphatic rings. The number of hydrogen-bond donors (Lipinski definition) is 2. The highest BCUT2D eigenvalue weighted by Crippen LogP contribution is 2.34. The maximum Gasteiger partial charge on any atom is 0.221 e. The molecular formula is C22H21ClN2O2. The Bertz CT molecular complexity index is 943. The number of benzene rings is 2. The zero-order valence-electron chi connectivity index (χ0n) is 15.0. The van der Waals surface area contributed by atoms with Gasteiger partial charge in [-0.3, -0.25) is 9.78 Å². The summed E-state index contributed by atoms with van der Waals surface area (Å²) in [5.74, 6) is -0.166. The van der Waals surface area contributed by atoms with Crippen molar-refractivity contribution in [1.82, 2.24) is 10.3 Å². The zero-order chi connectivity index (χ0) is 19.2. The number of nitrogens with one attached hydrogen (secondary N) is 1. The van der Waals surface area contributed by atoms with Crippen LogP contribution < -0.4 is 5.32 Å². The summed E-state index contributed by atoms with van der Waals surface area (Å²) in [5.41, 5.74) is 3.77. The number of hydrogen-bond acceptors (Lipinski definition) is 3. The van der Waals surface area contributed by atoms with E-state index in [0.717, 1.165) is 22.3 Å². The quantitative estimate of drug-likeness (QED) is 0.657. The number of phenolic OH excluding ortho intramolecular Hbond substituents is 1. The second kappa shape index (κ2) is 8.69. The first-order chi connectivity index (χ1) is 13.0. The van der Waals surface area contributed by atoms with Crippen molar-refractivity contribution in [3.63, 3.8) is 0 Å². The fraction of sp³-hybridized carbons (Fsp3) is 0.182. The molecule has 0 unspecified atom stereocenters. The van der Waals surface area contributed by atoms with Crippen LogP contribution in [-0.4, -0.2) is 16.0 Å². The lowest BCUT2D eigenvalue weighted by atomic mass is 9.88. The van der Waals surface area contributed by atoms with E-state index in [1.54, 1.807) is 30.6 Å². The Morgan fingerprint density at radius 2 is 2.00 bits per heavy atom. The minimum absolute atomic E-state index is 0.0838. The van der Waals surface area contributed by atoms with Gasteiger partial charge in [-0.1, -0.05) is 41.9 Å². The molecule has 0 fully saturated rings. The van der Waals surface area contributed by atoms with Crippen molar-refractivity contribution in [3.05, 3.63) is 94.3 Å². The molecular weight excluding hydrogens is 360 g/mol. The molecule has 0 saturated carbocycles. The molecule has 1 amide bonds. The van der Waals surface area contributed by atoms with Crippen LogP contribution in [-0.2, 0) is 11.3 Å². The van der Waals surface area contributed by atoms with Crippen molar-refractivity contribution in [2.75, 3.05) is 0 Å². The van der Waals surface area contributed by atoms with Crippen LogP contribution in [0.2, 0.25) is 5.02 Å². The summed E-state index contributed by atoms with van der Waals surface area (Å²) in [6.07, 6.45) is 3.73. The molecule has 0 bridgehead atoms. The molecule has 27 heavy (non-hydrogen) atoms. The molecule has 138 valence electrons. The van der Waals surface area contributed by atoms with Crippen LogP contribution in [0.1, 0.15) is 34.6 Å². The summed E-state index contributed by atoms with van der Waals surface area (Å²) in [6.45, 7) is 2.41. The number of aromatic hydroxyl groups is 1. The number of aryl methyl sites for hydroxylation is 1. The first-order valence-corrected chi connectivity index (χ1v) is 9.12. The number of halogens is 1. The molecule has 1 atom stereocenters. The molecule has 0 aliphatic heterocycles. The highest BCUT2D eigenvalue weighted by molar-refractivity contribution is 6.31. The van der Waals surface area contributed by atoms with Gasteiger partial charge in [-0.25, -0.2) is 0 Å². The molecule has 3 rings (SSSR count). The van der Waals surface area contributed by atoms with E-state index >= 15 is 0 Å². The Morgan fingerprint density at radius 1 is 1.19 bits per heavy atom. The van der Waals surface area contributed by atoms with Crippen molar-refractivity contribution in [2.45, 2.75) is 25.8 Å². The number of pyridine rings is 1. The Labute approximate surface area is 163 Å². The molecule has 0 aliphatic carbocycles. The average Bonchev–Trinajstić information content (AvgIpc) is 2.66. The minimum Gasteiger partial charge on any atom is -0.508 e. The monoisotopic (exact) mass is 380 g/mol. The number of carbonyl (C=O) groups is 1. The third kappa shape index (κ3) is 4.86. The van der Waals surface area contributed by atoms with Gasteiger partial charge < -0.3 is 10.4 Å². The van der Waals surface area contributed by atoms with Gasteiger partial charge in [0.2, 0.25) is 5.91 Å². The predicted octanol–water partition coefficient (Wildman–Crippen LogP) is 4.59. The van der Waals surface area contributed by atoms with Gasteiger partial charge in [0, 0.05) is 36.3 Å². The summed E-state index contributed by atoms with van der Waals surface area (Å²) < 4.78 is 0. The van der Waals surface area contributed by atoms with Crippen molar-refractivity contribution < 1.29 is 9.90 Å². The van der Waals surface area contributed by atoms with E-state index in [2.05, 4.69) is 10.3 Å². The van der Waals surface area contributed by atoms with Crippen LogP contribution >= 0.6 is 11.6 Å². The van der Waals surface area contributed by atoms with Crippen LogP contribution in [0.3, 0.4) is 0 Å². The molecule has 5 heteroatoms. The highest BCUT2D eigenvalue weighted by Gasteiger charge is 2.21. The van der Waals surface area contributed by atoms with Crippen LogP contribution in [0.25, 0.3) is 0 Å². The largest absolute Gasteiger partial charge is 0.508 e. The van der Waals surface area contributed by atoms with Crippen LogP contribution in [0.5, 0.6) is 5.75 Å². The lowest BCUT2D eigenvalue weighted by Crippen LogP contribution is -2.25. The molecule has 1 heterocycles. The molecule has 0 spiro atoms. The Kier molecular flexibility index (Phi) is 6.09. The number of aromatic nitrogens is 1. The maximum absolute atomic E-state index is 12.6. The standard InChI is InChI=1S/C22H21ClN2O2/c1-15-13-24-10-9-17(15)14-25-22(27)12-20(16-5-4-6-18(26)11-16)19-7-2-3-8-21(19)23/h2-11,13,20,26H,12,14H2,1H3,(H,25,27)/t20-/m1/s1. The first kappa shape index (κ1) is 18.9. The number of phenols is 1. The fourth-order valence-corrected chi connectivity index (χ4v) is 3.33. The highest BCUT2D eigenvalue weighted by atomic mass is 35.5. The van der Waals surface area contributed by atoms with Crippen LogP contribution in [0, 0.1) is 6.92 Å². The van der Waals surface area contributed by atoms with E-state index < -0.39 is 0 Å². The number of carbonyl (C=O) groups excluding carboxylic acids is 1. The van der Waals surface area contributed by atoms with Crippen molar-refractivity contribution in [3.8, 4) is 5.75 Å². The molecule has 0 radical (unpaired) electrons. The van der Waals surface area contributed by atoms with Gasteiger partial charge in [-0.2, -0.15) is 0 Å². The van der Waals surface area contributed by atoms with E-state index in [1.807, 2.05) is 43.3 Å². The van der Waals surface area contributed by atoms with E-state index in [-0.39, 0.29) is 24.0 Å². The lowest BCUT2D eigenvalue weighted by molar-refractivity contribution is -0.121. The first-order valence-electron chi connectivity index (χ1n) is 8.74. The minimum atomic E-state index is -0.246. The summed E-state index contributed by atoms with van der Waals surface area (Å²) in [6, 6.07) is 16.3. The van der Waals surface area contributed by atoms with Crippen LogP contribution in [0.15, 0.2) is 67.0 Å². The lowest BCUT2D eigenvalue weighted by Gasteiger charge is -2.19.